The summed E-state index contributed by atoms with van der Waals surface area (Å²) in [7, 11) is 0. The summed E-state index contributed by atoms with van der Waals surface area (Å²) in [5.41, 5.74) is -0.0441. The van der Waals surface area contributed by atoms with Gasteiger partial charge in [0.2, 0.25) is 5.91 Å². The first-order valence-electron chi connectivity index (χ1n) is 4.75. The molecule has 0 saturated carbocycles. The Morgan fingerprint density at radius 3 is 2.82 bits per heavy atom. The average Bonchev–Trinajstić information content (AvgIpc) is 2.59. The number of nitro groups is 1. The molecule has 17 heavy (non-hydrogen) atoms. The van der Waals surface area contributed by atoms with E-state index in [0.29, 0.717) is 5.56 Å². The second-order valence-corrected chi connectivity index (χ2v) is 3.51. The molecule has 0 radical (unpaired) electrons. The summed E-state index contributed by atoms with van der Waals surface area (Å²) in [6, 6.07) is 2.92. The van der Waals surface area contributed by atoms with Gasteiger partial charge in [-0.05, 0) is 6.07 Å². The molecule has 1 heterocycles. The molecule has 7 heteroatoms. The zero-order valence-corrected chi connectivity index (χ0v) is 8.85. The van der Waals surface area contributed by atoms with Crippen LogP contribution in [0.25, 0.3) is 0 Å². The number of fused-ring (bicyclic) bond motifs is 1. The van der Waals surface area contributed by atoms with E-state index in [0.717, 1.165) is 0 Å². The lowest BCUT2D eigenvalue weighted by atomic mass is 10.1. The number of cyclic esters (lactones) is 1. The Hall–Kier alpha value is -2.44. The van der Waals surface area contributed by atoms with Gasteiger partial charge in [-0.3, -0.25) is 14.9 Å². The second-order valence-electron chi connectivity index (χ2n) is 3.51. The molecule has 1 aliphatic rings. The Bertz CT molecular complexity index is 538. The minimum atomic E-state index is -0.737. The van der Waals surface area contributed by atoms with Gasteiger partial charge in [-0.25, -0.2) is 4.79 Å². The minimum Gasteiger partial charge on any atom is -0.457 e. The van der Waals surface area contributed by atoms with Crippen molar-refractivity contribution < 1.29 is 19.2 Å². The van der Waals surface area contributed by atoms with Crippen LogP contribution in [-0.4, -0.2) is 16.8 Å². The Kier molecular flexibility index (Phi) is 2.51. The highest BCUT2D eigenvalue weighted by Crippen LogP contribution is 2.35. The maximum Gasteiger partial charge on any atom is 0.346 e. The molecule has 7 nitrogen and oxygen atoms in total. The number of benzene rings is 1. The van der Waals surface area contributed by atoms with Crippen molar-refractivity contribution in [3.05, 3.63) is 33.4 Å². The predicted octanol–water partition coefficient (Wildman–Crippen LogP) is 1.22. The molecule has 1 aromatic carbocycles. The topological polar surface area (TPSA) is 98.5 Å². The zero-order chi connectivity index (χ0) is 12.6. The number of hydrogen-bond donors (Lipinski definition) is 1. The van der Waals surface area contributed by atoms with Gasteiger partial charge in [0.15, 0.2) is 0 Å². The standard InChI is InChI=1S/C10H8N2O5/c1-5(13)11-7-3-2-6-4-17-10(14)8(6)9(7)12(15)16/h2-3H,4H2,1H3,(H,11,13). The SMILES string of the molecule is CC(=O)Nc1ccc2c(c1[N+](=O)[O-])C(=O)OC2. The number of carbonyl (C=O) groups excluding carboxylic acids is 2. The van der Waals surface area contributed by atoms with Crippen LogP contribution >= 0.6 is 0 Å². The molecule has 0 bridgehead atoms. The van der Waals surface area contributed by atoms with Crippen LogP contribution in [0.1, 0.15) is 22.8 Å². The van der Waals surface area contributed by atoms with E-state index in [1.54, 1.807) is 0 Å². The van der Waals surface area contributed by atoms with Crippen molar-refractivity contribution in [1.82, 2.24) is 0 Å². The first-order valence-corrected chi connectivity index (χ1v) is 4.75. The Morgan fingerprint density at radius 1 is 1.53 bits per heavy atom. The van der Waals surface area contributed by atoms with Crippen LogP contribution in [0.2, 0.25) is 0 Å². The lowest BCUT2D eigenvalue weighted by Crippen LogP contribution is -2.10. The summed E-state index contributed by atoms with van der Waals surface area (Å²) in [5.74, 6) is -1.18. The Balaban J connectivity index is 2.63. The van der Waals surface area contributed by atoms with E-state index in [1.165, 1.54) is 19.1 Å². The van der Waals surface area contributed by atoms with E-state index < -0.39 is 22.5 Å². The number of esters is 1. The molecule has 0 aliphatic carbocycles. The van der Waals surface area contributed by atoms with E-state index in [-0.39, 0.29) is 17.9 Å². The summed E-state index contributed by atoms with van der Waals surface area (Å²) >= 11 is 0. The van der Waals surface area contributed by atoms with Crippen molar-refractivity contribution in [3.8, 4) is 0 Å². The molecule has 1 amide bonds. The smallest absolute Gasteiger partial charge is 0.346 e. The van der Waals surface area contributed by atoms with Crippen LogP contribution in [0.3, 0.4) is 0 Å². The highest BCUT2D eigenvalue weighted by Gasteiger charge is 2.33. The molecule has 0 unspecified atom stereocenters. The second kappa shape index (κ2) is 3.85. The molecule has 0 spiro atoms. The van der Waals surface area contributed by atoms with Gasteiger partial charge < -0.3 is 10.1 Å². The third kappa shape index (κ3) is 1.82. The van der Waals surface area contributed by atoms with Crippen molar-refractivity contribution in [2.75, 3.05) is 5.32 Å². The molecule has 0 atom stereocenters. The van der Waals surface area contributed by atoms with Crippen molar-refractivity contribution in [2.45, 2.75) is 13.5 Å². The molecule has 1 aromatic rings. The normalized spacial score (nSPS) is 12.9. The largest absolute Gasteiger partial charge is 0.457 e. The number of nitrogens with zero attached hydrogens (tertiary/aromatic N) is 1. The number of nitro benzene ring substituents is 1. The number of ether oxygens (including phenoxy) is 1. The molecule has 88 valence electrons. The van der Waals surface area contributed by atoms with Crippen molar-refractivity contribution in [3.63, 3.8) is 0 Å². The van der Waals surface area contributed by atoms with Gasteiger partial charge in [0.25, 0.3) is 0 Å². The number of hydrogen-bond acceptors (Lipinski definition) is 5. The summed E-state index contributed by atoms with van der Waals surface area (Å²) in [6.07, 6.45) is 0. The Morgan fingerprint density at radius 2 is 2.24 bits per heavy atom. The fourth-order valence-corrected chi connectivity index (χ4v) is 1.68. The van der Waals surface area contributed by atoms with Gasteiger partial charge in [0.1, 0.15) is 17.9 Å². The van der Waals surface area contributed by atoms with Gasteiger partial charge in [0, 0.05) is 12.5 Å². The average molecular weight is 236 g/mol. The summed E-state index contributed by atoms with van der Waals surface area (Å²) in [4.78, 5) is 32.6. The maximum absolute atomic E-state index is 11.4. The molecular weight excluding hydrogens is 228 g/mol. The Labute approximate surface area is 95.5 Å². The van der Waals surface area contributed by atoms with Gasteiger partial charge in [-0.15, -0.1) is 0 Å². The monoisotopic (exact) mass is 236 g/mol. The minimum absolute atomic E-state index is 0.0000926. The van der Waals surface area contributed by atoms with Crippen molar-refractivity contribution >= 4 is 23.3 Å². The fraction of sp³-hybridized carbons (Fsp3) is 0.200. The highest BCUT2D eigenvalue weighted by atomic mass is 16.6. The maximum atomic E-state index is 11.4. The van der Waals surface area contributed by atoms with Gasteiger partial charge in [-0.2, -0.15) is 0 Å². The number of rotatable bonds is 2. The third-order valence-electron chi connectivity index (χ3n) is 2.32. The fourth-order valence-electron chi connectivity index (χ4n) is 1.68. The molecule has 1 N–H and O–H groups in total. The van der Waals surface area contributed by atoms with Crippen LogP contribution in [-0.2, 0) is 16.1 Å². The van der Waals surface area contributed by atoms with Crippen LogP contribution in [0.5, 0.6) is 0 Å². The number of anilines is 1. The number of nitrogens with one attached hydrogen (secondary N) is 1. The van der Waals surface area contributed by atoms with E-state index in [1.807, 2.05) is 0 Å². The van der Waals surface area contributed by atoms with Crippen LogP contribution in [0.4, 0.5) is 11.4 Å². The van der Waals surface area contributed by atoms with E-state index in [2.05, 4.69) is 5.32 Å². The number of carbonyl (C=O) groups is 2. The molecule has 1 aliphatic heterocycles. The summed E-state index contributed by atoms with van der Waals surface area (Å²) in [6.45, 7) is 1.25. The zero-order valence-electron chi connectivity index (χ0n) is 8.85. The molecule has 2 rings (SSSR count). The molecule has 0 saturated heterocycles. The first-order chi connectivity index (χ1) is 8.00. The van der Waals surface area contributed by atoms with Crippen LogP contribution in [0.15, 0.2) is 12.1 Å². The predicted molar refractivity (Wildman–Crippen MR) is 56.5 cm³/mol. The van der Waals surface area contributed by atoms with E-state index >= 15 is 0 Å². The quantitative estimate of drug-likeness (QED) is 0.473. The van der Waals surface area contributed by atoms with Gasteiger partial charge >= 0.3 is 11.7 Å². The number of amides is 1. The van der Waals surface area contributed by atoms with E-state index in [4.69, 9.17) is 4.74 Å². The van der Waals surface area contributed by atoms with Crippen LogP contribution < -0.4 is 5.32 Å². The van der Waals surface area contributed by atoms with Crippen molar-refractivity contribution in [1.29, 1.82) is 0 Å². The lowest BCUT2D eigenvalue weighted by molar-refractivity contribution is -0.384. The highest BCUT2D eigenvalue weighted by molar-refractivity contribution is 6.02. The van der Waals surface area contributed by atoms with Gasteiger partial charge in [0.05, 0.1) is 4.92 Å². The lowest BCUT2D eigenvalue weighted by Gasteiger charge is -2.05. The van der Waals surface area contributed by atoms with Gasteiger partial charge in [-0.1, -0.05) is 6.07 Å². The molecule has 0 aromatic heterocycles. The molecular formula is C10H8N2O5. The van der Waals surface area contributed by atoms with E-state index in [9.17, 15) is 19.7 Å². The first kappa shape index (κ1) is 11.1. The van der Waals surface area contributed by atoms with Crippen LogP contribution in [0, 0.1) is 10.1 Å². The van der Waals surface area contributed by atoms with Crippen molar-refractivity contribution in [2.24, 2.45) is 0 Å². The summed E-state index contributed by atoms with van der Waals surface area (Å²) < 4.78 is 4.72. The third-order valence-corrected chi connectivity index (χ3v) is 2.32. The summed E-state index contributed by atoms with van der Waals surface area (Å²) in [5, 5.41) is 13.3. The molecule has 0 fully saturated rings.